The Hall–Kier alpha value is -0.120. The number of piperidine rings is 1. The minimum absolute atomic E-state index is 0.312. The fourth-order valence-corrected chi connectivity index (χ4v) is 4.83. The second-order valence-electron chi connectivity index (χ2n) is 9.00. The first-order chi connectivity index (χ1) is 9.80. The monoisotopic (exact) mass is 294 g/mol. The summed E-state index contributed by atoms with van der Waals surface area (Å²) in [6.07, 6.45) is 5.69. The normalized spacial score (nSPS) is 37.9. The van der Waals surface area contributed by atoms with Gasteiger partial charge in [-0.3, -0.25) is 4.90 Å². The van der Waals surface area contributed by atoms with Crippen LogP contribution < -0.4 is 5.32 Å². The summed E-state index contributed by atoms with van der Waals surface area (Å²) in [6, 6.07) is 1.37. The molecule has 3 fully saturated rings. The molecule has 0 bridgehead atoms. The Morgan fingerprint density at radius 3 is 2.38 bits per heavy atom. The largest absolute Gasteiger partial charge is 0.377 e. The summed E-state index contributed by atoms with van der Waals surface area (Å²) in [7, 11) is 0. The molecule has 3 atom stereocenters. The second kappa shape index (κ2) is 5.50. The molecule has 3 rings (SSSR count). The lowest BCUT2D eigenvalue weighted by Crippen LogP contribution is -2.71. The average Bonchev–Trinajstić information content (AvgIpc) is 2.44. The Kier molecular flexibility index (Phi) is 4.13. The number of nitrogens with one attached hydrogen (secondary N) is 1. The van der Waals surface area contributed by atoms with Crippen molar-refractivity contribution in [3.8, 4) is 0 Å². The van der Waals surface area contributed by atoms with Gasteiger partial charge in [-0.1, -0.05) is 13.8 Å². The van der Waals surface area contributed by atoms with Gasteiger partial charge in [-0.05, 0) is 46.5 Å². The van der Waals surface area contributed by atoms with Crippen LogP contribution in [0.15, 0.2) is 0 Å². The molecule has 122 valence electrons. The fraction of sp³-hybridized carbons (Fsp3) is 1.00. The van der Waals surface area contributed by atoms with Crippen LogP contribution in [-0.2, 0) is 4.74 Å². The Morgan fingerprint density at radius 1 is 1.10 bits per heavy atom. The van der Waals surface area contributed by atoms with Crippen LogP contribution in [0.1, 0.15) is 60.3 Å². The molecular weight excluding hydrogens is 260 g/mol. The van der Waals surface area contributed by atoms with E-state index in [2.05, 4.69) is 44.8 Å². The van der Waals surface area contributed by atoms with E-state index in [1.54, 1.807) is 0 Å². The Balaban J connectivity index is 1.54. The lowest BCUT2D eigenvalue weighted by molar-refractivity contribution is -0.195. The minimum Gasteiger partial charge on any atom is -0.377 e. The van der Waals surface area contributed by atoms with Crippen LogP contribution in [0.4, 0.5) is 0 Å². The standard InChI is InChI=1S/C18H34N2O/c1-17(2,3)20-10-8-13(9-11-20)19-15-14-7-6-12-21-16(14)18(15,4)5/h13-16,19H,6-12H2,1-5H3. The van der Waals surface area contributed by atoms with E-state index in [0.717, 1.165) is 12.5 Å². The van der Waals surface area contributed by atoms with Crippen molar-refractivity contribution in [1.29, 1.82) is 0 Å². The number of likely N-dealkylation sites (tertiary alicyclic amines) is 1. The molecule has 1 N–H and O–H groups in total. The number of fused-ring (bicyclic) bond motifs is 1. The van der Waals surface area contributed by atoms with Crippen LogP contribution in [0, 0.1) is 11.3 Å². The van der Waals surface area contributed by atoms with Crippen LogP contribution in [0.3, 0.4) is 0 Å². The average molecular weight is 294 g/mol. The van der Waals surface area contributed by atoms with Crippen LogP contribution in [0.5, 0.6) is 0 Å². The molecule has 3 unspecified atom stereocenters. The molecule has 3 nitrogen and oxygen atoms in total. The molecule has 2 heterocycles. The molecule has 0 aromatic heterocycles. The quantitative estimate of drug-likeness (QED) is 0.847. The maximum atomic E-state index is 6.03. The first kappa shape index (κ1) is 15.8. The van der Waals surface area contributed by atoms with E-state index in [0.29, 0.717) is 29.1 Å². The van der Waals surface area contributed by atoms with Crippen LogP contribution >= 0.6 is 0 Å². The highest BCUT2D eigenvalue weighted by Gasteiger charge is 2.58. The van der Waals surface area contributed by atoms with E-state index >= 15 is 0 Å². The molecule has 0 radical (unpaired) electrons. The second-order valence-corrected chi connectivity index (χ2v) is 9.00. The summed E-state index contributed by atoms with van der Waals surface area (Å²) in [5.74, 6) is 0.759. The third-order valence-electron chi connectivity index (χ3n) is 6.19. The van der Waals surface area contributed by atoms with Gasteiger partial charge in [-0.25, -0.2) is 0 Å². The summed E-state index contributed by atoms with van der Waals surface area (Å²) < 4.78 is 6.03. The third kappa shape index (κ3) is 2.89. The molecule has 2 aliphatic heterocycles. The summed E-state index contributed by atoms with van der Waals surface area (Å²) in [5.41, 5.74) is 0.634. The summed E-state index contributed by atoms with van der Waals surface area (Å²) in [5, 5.41) is 4.01. The first-order valence-corrected chi connectivity index (χ1v) is 8.93. The minimum atomic E-state index is 0.312. The van der Waals surface area contributed by atoms with Crippen molar-refractivity contribution in [1.82, 2.24) is 10.2 Å². The number of nitrogens with zero attached hydrogens (tertiary/aromatic N) is 1. The van der Waals surface area contributed by atoms with E-state index in [1.165, 1.54) is 38.8 Å². The van der Waals surface area contributed by atoms with Gasteiger partial charge >= 0.3 is 0 Å². The molecule has 1 aliphatic carbocycles. The lowest BCUT2D eigenvalue weighted by Gasteiger charge is -2.61. The zero-order valence-corrected chi connectivity index (χ0v) is 14.6. The molecule has 3 heteroatoms. The van der Waals surface area contributed by atoms with Crippen LogP contribution in [-0.4, -0.2) is 48.3 Å². The first-order valence-electron chi connectivity index (χ1n) is 8.93. The lowest BCUT2D eigenvalue weighted by atomic mass is 9.55. The van der Waals surface area contributed by atoms with Gasteiger partial charge in [0.05, 0.1) is 6.10 Å². The molecule has 0 aromatic carbocycles. The Labute approximate surface area is 130 Å². The third-order valence-corrected chi connectivity index (χ3v) is 6.19. The summed E-state index contributed by atoms with van der Waals surface area (Å²) >= 11 is 0. The molecule has 0 spiro atoms. The van der Waals surface area contributed by atoms with Gasteiger partial charge in [0.25, 0.3) is 0 Å². The van der Waals surface area contributed by atoms with E-state index in [1.807, 2.05) is 0 Å². The Bertz CT molecular complexity index is 366. The maximum Gasteiger partial charge on any atom is 0.0684 e. The number of hydrogen-bond acceptors (Lipinski definition) is 3. The highest BCUT2D eigenvalue weighted by atomic mass is 16.5. The predicted octanol–water partition coefficient (Wildman–Crippen LogP) is 3.04. The molecule has 2 saturated heterocycles. The van der Waals surface area contributed by atoms with E-state index in [4.69, 9.17) is 4.74 Å². The number of hydrogen-bond donors (Lipinski definition) is 1. The van der Waals surface area contributed by atoms with Crippen molar-refractivity contribution in [2.75, 3.05) is 19.7 Å². The van der Waals surface area contributed by atoms with Gasteiger partial charge in [-0.15, -0.1) is 0 Å². The van der Waals surface area contributed by atoms with Gasteiger partial charge in [0.2, 0.25) is 0 Å². The number of rotatable bonds is 2. The van der Waals surface area contributed by atoms with Gasteiger partial charge in [0.15, 0.2) is 0 Å². The molecule has 3 aliphatic rings. The van der Waals surface area contributed by atoms with Gasteiger partial charge in [0.1, 0.15) is 0 Å². The fourth-order valence-electron chi connectivity index (χ4n) is 4.83. The van der Waals surface area contributed by atoms with Crippen molar-refractivity contribution in [2.45, 2.75) is 84.0 Å². The van der Waals surface area contributed by atoms with E-state index in [-0.39, 0.29) is 0 Å². The highest BCUT2D eigenvalue weighted by Crippen LogP contribution is 2.51. The van der Waals surface area contributed by atoms with Crippen molar-refractivity contribution < 1.29 is 4.74 Å². The molecule has 0 aromatic rings. The van der Waals surface area contributed by atoms with Gasteiger partial charge in [-0.2, -0.15) is 0 Å². The van der Waals surface area contributed by atoms with Crippen molar-refractivity contribution in [2.24, 2.45) is 11.3 Å². The predicted molar refractivity (Wildman–Crippen MR) is 87.5 cm³/mol. The zero-order chi connectivity index (χ0) is 15.3. The summed E-state index contributed by atoms with van der Waals surface area (Å²) in [6.45, 7) is 15.2. The van der Waals surface area contributed by atoms with Gasteiger partial charge < -0.3 is 10.1 Å². The molecule has 1 saturated carbocycles. The highest BCUT2D eigenvalue weighted by molar-refractivity contribution is 5.11. The van der Waals surface area contributed by atoms with Crippen molar-refractivity contribution >= 4 is 0 Å². The molecular formula is C18H34N2O. The van der Waals surface area contributed by atoms with E-state index < -0.39 is 0 Å². The molecule has 21 heavy (non-hydrogen) atoms. The topological polar surface area (TPSA) is 24.5 Å². The van der Waals surface area contributed by atoms with Crippen molar-refractivity contribution in [3.63, 3.8) is 0 Å². The number of ether oxygens (including phenoxy) is 1. The van der Waals surface area contributed by atoms with Crippen LogP contribution in [0.25, 0.3) is 0 Å². The SMILES string of the molecule is CC1(C)C(NC2CCN(C(C)(C)C)CC2)C2CCCOC21. The smallest absolute Gasteiger partial charge is 0.0684 e. The molecule has 0 amide bonds. The van der Waals surface area contributed by atoms with Gasteiger partial charge in [0, 0.05) is 48.7 Å². The maximum absolute atomic E-state index is 6.03. The zero-order valence-electron chi connectivity index (χ0n) is 14.6. The summed E-state index contributed by atoms with van der Waals surface area (Å²) in [4.78, 5) is 2.63. The van der Waals surface area contributed by atoms with E-state index in [9.17, 15) is 0 Å². The Morgan fingerprint density at radius 2 is 1.76 bits per heavy atom. The van der Waals surface area contributed by atoms with Crippen molar-refractivity contribution in [3.05, 3.63) is 0 Å². The van der Waals surface area contributed by atoms with Crippen LogP contribution in [0.2, 0.25) is 0 Å².